The van der Waals surface area contributed by atoms with Gasteiger partial charge in [-0.3, -0.25) is 0 Å². The van der Waals surface area contributed by atoms with E-state index < -0.39 is 0 Å². The van der Waals surface area contributed by atoms with Crippen LogP contribution in [0.15, 0.2) is 78.9 Å². The van der Waals surface area contributed by atoms with Crippen LogP contribution in [0.4, 0.5) is 0 Å². The molecule has 0 aliphatic heterocycles. The second-order valence-electron chi connectivity index (χ2n) is 11.5. The average molecular weight is 451 g/mol. The van der Waals surface area contributed by atoms with Crippen LogP contribution in [0.3, 0.4) is 0 Å². The highest BCUT2D eigenvalue weighted by Gasteiger charge is 2.13. The highest BCUT2D eigenvalue weighted by molar-refractivity contribution is 6.30. The first kappa shape index (κ1) is 28.0. The molecule has 0 nitrogen and oxygen atoms in total. The van der Waals surface area contributed by atoms with Gasteiger partial charge in [-0.15, -0.1) is 0 Å². The molecule has 3 aromatic carbocycles. The van der Waals surface area contributed by atoms with Gasteiger partial charge in [0.05, 0.1) is 0 Å². The predicted octanol–water partition coefficient (Wildman–Crippen LogP) is 9.91. The summed E-state index contributed by atoms with van der Waals surface area (Å²) in [5, 5.41) is 0.817. The first-order valence-corrected chi connectivity index (χ1v) is 11.9. The third kappa shape index (κ3) is 10.5. The van der Waals surface area contributed by atoms with Gasteiger partial charge in [0, 0.05) is 5.02 Å². The van der Waals surface area contributed by atoms with Crippen molar-refractivity contribution in [1.82, 2.24) is 0 Å². The van der Waals surface area contributed by atoms with Crippen LogP contribution >= 0.6 is 11.6 Å². The molecule has 0 aliphatic carbocycles. The lowest BCUT2D eigenvalue weighted by molar-refractivity contribution is 0.589. The van der Waals surface area contributed by atoms with Crippen molar-refractivity contribution in [3.8, 4) is 0 Å². The zero-order chi connectivity index (χ0) is 24.6. The van der Waals surface area contributed by atoms with Crippen molar-refractivity contribution in [1.29, 1.82) is 0 Å². The Hall–Kier alpha value is -2.05. The zero-order valence-corrected chi connectivity index (χ0v) is 22.6. The Morgan fingerprint density at radius 3 is 1.19 bits per heavy atom. The molecule has 0 amide bonds. The molecular formula is C31H43Cl. The molecule has 0 atom stereocenters. The molecule has 0 radical (unpaired) electrons. The van der Waals surface area contributed by atoms with Crippen molar-refractivity contribution in [3.63, 3.8) is 0 Å². The predicted molar refractivity (Wildman–Crippen MR) is 145 cm³/mol. The molecule has 0 aromatic heterocycles. The topological polar surface area (TPSA) is 0 Å². The molecule has 0 saturated heterocycles. The minimum Gasteiger partial charge on any atom is -0.0843 e. The van der Waals surface area contributed by atoms with Crippen LogP contribution in [0.25, 0.3) is 0 Å². The smallest absolute Gasteiger partial charge is 0.0408 e. The van der Waals surface area contributed by atoms with Crippen molar-refractivity contribution in [2.45, 2.75) is 85.5 Å². The molecule has 0 aliphatic rings. The molecule has 0 N–H and O–H groups in total. The van der Waals surface area contributed by atoms with Crippen molar-refractivity contribution in [2.75, 3.05) is 0 Å². The summed E-state index contributed by atoms with van der Waals surface area (Å²) in [6.45, 7) is 22.1. The van der Waals surface area contributed by atoms with Crippen molar-refractivity contribution >= 4 is 11.6 Å². The largest absolute Gasteiger partial charge is 0.0843 e. The van der Waals surface area contributed by atoms with Gasteiger partial charge in [-0.05, 0) is 52.0 Å². The first-order chi connectivity index (χ1) is 14.6. The molecule has 0 saturated carbocycles. The number of hydrogen-bond donors (Lipinski definition) is 0. The second-order valence-corrected chi connectivity index (χ2v) is 11.9. The fourth-order valence-electron chi connectivity index (χ4n) is 3.00. The normalized spacial score (nSPS) is 11.6. The molecule has 0 heterocycles. The van der Waals surface area contributed by atoms with Crippen LogP contribution < -0.4 is 0 Å². The lowest BCUT2D eigenvalue weighted by Gasteiger charge is -2.19. The molecule has 174 valence electrons. The zero-order valence-electron chi connectivity index (χ0n) is 21.9. The summed E-state index contributed by atoms with van der Waals surface area (Å²) >= 11 is 5.85. The van der Waals surface area contributed by atoms with E-state index in [2.05, 4.69) is 130 Å². The van der Waals surface area contributed by atoms with Crippen LogP contribution in [0.1, 0.15) is 84.6 Å². The first-order valence-electron chi connectivity index (χ1n) is 11.5. The van der Waals surface area contributed by atoms with Crippen LogP contribution in [0.5, 0.6) is 0 Å². The summed E-state index contributed by atoms with van der Waals surface area (Å²) in [6.07, 6.45) is 0. The Balaban J connectivity index is 0.000000240. The Morgan fingerprint density at radius 1 is 0.469 bits per heavy atom. The summed E-state index contributed by atoms with van der Waals surface area (Å²) in [7, 11) is 0. The lowest BCUT2D eigenvalue weighted by atomic mass is 9.86. The average Bonchev–Trinajstić information content (AvgIpc) is 2.68. The van der Waals surface area contributed by atoms with E-state index in [1.165, 1.54) is 22.3 Å². The fourth-order valence-corrected chi connectivity index (χ4v) is 3.20. The van der Waals surface area contributed by atoms with E-state index in [4.69, 9.17) is 11.6 Å². The Kier molecular flexibility index (Phi) is 10.2. The van der Waals surface area contributed by atoms with Gasteiger partial charge in [-0.25, -0.2) is 0 Å². The number of hydrogen-bond acceptors (Lipinski definition) is 0. The Morgan fingerprint density at radius 2 is 0.875 bits per heavy atom. The number of benzene rings is 3. The molecule has 0 unspecified atom stereocenters. The maximum absolute atomic E-state index is 5.85. The summed E-state index contributed by atoms with van der Waals surface area (Å²) < 4.78 is 0. The Bertz CT molecular complexity index is 877. The highest BCUT2D eigenvalue weighted by atomic mass is 35.5. The van der Waals surface area contributed by atoms with Gasteiger partial charge in [0.2, 0.25) is 0 Å². The van der Waals surface area contributed by atoms with Crippen molar-refractivity contribution < 1.29 is 0 Å². The van der Waals surface area contributed by atoms with Gasteiger partial charge >= 0.3 is 0 Å². The van der Waals surface area contributed by atoms with Crippen molar-refractivity contribution in [3.05, 3.63) is 106 Å². The maximum Gasteiger partial charge on any atom is 0.0408 e. The lowest BCUT2D eigenvalue weighted by Crippen LogP contribution is -2.10. The van der Waals surface area contributed by atoms with Gasteiger partial charge < -0.3 is 0 Å². The fraction of sp³-hybridized carbons (Fsp3) is 0.419. The minimum atomic E-state index is 0.199. The quantitative estimate of drug-likeness (QED) is 0.319. The molecule has 32 heavy (non-hydrogen) atoms. The molecule has 1 heteroatoms. The SMILES string of the molecule is CC(C)(C)c1cccc(Cl)c1.CC(C)(C)c1ccccc1.Cc1cccc(C(C)(C)C)c1. The summed E-state index contributed by atoms with van der Waals surface area (Å²) in [5.74, 6) is 0. The van der Waals surface area contributed by atoms with Gasteiger partial charge in [-0.1, -0.05) is 146 Å². The standard InChI is InChI=1S/C11H16.C10H13Cl.C10H14/c1-9-6-5-7-10(8-9)11(2,3)4;1-10(2,3)8-5-4-6-9(11)7-8;1-10(2,3)9-7-5-4-6-8-9/h5-8H,1-4H3;4-7H,1-3H3;4-8H,1-3H3. The molecular weight excluding hydrogens is 408 g/mol. The number of aryl methyl sites for hydroxylation is 1. The molecule has 0 fully saturated rings. The molecule has 0 spiro atoms. The summed E-state index contributed by atoms with van der Waals surface area (Å²) in [4.78, 5) is 0. The van der Waals surface area contributed by atoms with E-state index in [0.29, 0.717) is 5.41 Å². The number of halogens is 1. The van der Waals surface area contributed by atoms with Crippen LogP contribution in [0, 0.1) is 6.92 Å². The van der Waals surface area contributed by atoms with Crippen molar-refractivity contribution in [2.24, 2.45) is 0 Å². The number of rotatable bonds is 0. The van der Waals surface area contributed by atoms with E-state index in [9.17, 15) is 0 Å². The van der Waals surface area contributed by atoms with Gasteiger partial charge in [0.1, 0.15) is 0 Å². The molecule has 3 rings (SSSR count). The molecule has 0 bridgehead atoms. The van der Waals surface area contributed by atoms with Gasteiger partial charge in [-0.2, -0.15) is 0 Å². The second kappa shape index (κ2) is 11.7. The third-order valence-corrected chi connectivity index (χ3v) is 5.45. The third-order valence-electron chi connectivity index (χ3n) is 5.21. The van der Waals surface area contributed by atoms with Crippen LogP contribution in [-0.2, 0) is 16.2 Å². The Labute approximate surface area is 203 Å². The molecule has 3 aromatic rings. The maximum atomic E-state index is 5.85. The van der Waals surface area contributed by atoms with Gasteiger partial charge in [0.25, 0.3) is 0 Å². The van der Waals surface area contributed by atoms with E-state index in [0.717, 1.165) is 5.02 Å². The van der Waals surface area contributed by atoms with E-state index in [1.54, 1.807) is 0 Å². The highest BCUT2D eigenvalue weighted by Crippen LogP contribution is 2.24. The van der Waals surface area contributed by atoms with E-state index in [-0.39, 0.29) is 10.8 Å². The minimum absolute atomic E-state index is 0.199. The van der Waals surface area contributed by atoms with Crippen LogP contribution in [-0.4, -0.2) is 0 Å². The van der Waals surface area contributed by atoms with E-state index in [1.807, 2.05) is 18.2 Å². The van der Waals surface area contributed by atoms with Crippen LogP contribution in [0.2, 0.25) is 5.02 Å². The van der Waals surface area contributed by atoms with E-state index >= 15 is 0 Å². The summed E-state index contributed by atoms with van der Waals surface area (Å²) in [6, 6.07) is 27.3. The monoisotopic (exact) mass is 450 g/mol. The van der Waals surface area contributed by atoms with Gasteiger partial charge in [0.15, 0.2) is 0 Å². The summed E-state index contributed by atoms with van der Waals surface area (Å²) in [5.41, 5.74) is 6.22.